The Balaban J connectivity index is 1.76. The Morgan fingerprint density at radius 1 is 1.18 bits per heavy atom. The van der Waals surface area contributed by atoms with Gasteiger partial charge in [-0.1, -0.05) is 0 Å². The number of rotatable bonds is 7. The number of hydrogen-bond acceptors (Lipinski definition) is 6. The Labute approximate surface area is 161 Å². The second kappa shape index (κ2) is 8.34. The summed E-state index contributed by atoms with van der Waals surface area (Å²) >= 11 is 0. The molecule has 1 amide bonds. The number of phenolic OH excluding ortho intramolecular Hbond substituents is 1. The van der Waals surface area contributed by atoms with Crippen molar-refractivity contribution in [1.29, 1.82) is 0 Å². The number of aromatic nitrogens is 1. The van der Waals surface area contributed by atoms with E-state index in [1.807, 2.05) is 13.0 Å². The van der Waals surface area contributed by atoms with E-state index in [4.69, 9.17) is 14.2 Å². The third kappa shape index (κ3) is 3.85. The van der Waals surface area contributed by atoms with Crippen molar-refractivity contribution < 1.29 is 24.1 Å². The molecule has 0 saturated heterocycles. The third-order valence-electron chi connectivity index (χ3n) is 4.05. The maximum absolute atomic E-state index is 12.4. The molecule has 8 nitrogen and oxygen atoms in total. The van der Waals surface area contributed by atoms with Gasteiger partial charge >= 0.3 is 0 Å². The fourth-order valence-electron chi connectivity index (χ4n) is 2.76. The van der Waals surface area contributed by atoms with Crippen molar-refractivity contribution in [2.24, 2.45) is 5.10 Å². The summed E-state index contributed by atoms with van der Waals surface area (Å²) in [6.45, 7) is 2.25. The smallest absolute Gasteiger partial charge is 0.287 e. The van der Waals surface area contributed by atoms with Gasteiger partial charge in [-0.15, -0.1) is 0 Å². The molecule has 0 aliphatic carbocycles. The second-order valence-corrected chi connectivity index (χ2v) is 5.80. The van der Waals surface area contributed by atoms with Gasteiger partial charge in [0, 0.05) is 5.39 Å². The van der Waals surface area contributed by atoms with E-state index in [1.54, 1.807) is 38.5 Å². The molecule has 1 heterocycles. The maximum Gasteiger partial charge on any atom is 0.287 e. The number of amides is 1. The van der Waals surface area contributed by atoms with E-state index < -0.39 is 5.91 Å². The lowest BCUT2D eigenvalue weighted by Gasteiger charge is -2.07. The van der Waals surface area contributed by atoms with Gasteiger partial charge in [0.2, 0.25) is 0 Å². The molecule has 0 spiro atoms. The van der Waals surface area contributed by atoms with Crippen molar-refractivity contribution in [3.8, 4) is 23.0 Å². The van der Waals surface area contributed by atoms with Crippen LogP contribution in [0.1, 0.15) is 23.0 Å². The first-order valence-electron chi connectivity index (χ1n) is 8.60. The van der Waals surface area contributed by atoms with Crippen LogP contribution in [0.2, 0.25) is 0 Å². The largest absolute Gasteiger partial charge is 0.504 e. The fourth-order valence-corrected chi connectivity index (χ4v) is 2.76. The topological polar surface area (TPSA) is 105 Å². The number of hydrazone groups is 1. The molecule has 0 aliphatic heterocycles. The number of phenols is 1. The zero-order valence-corrected chi connectivity index (χ0v) is 15.8. The van der Waals surface area contributed by atoms with Crippen LogP contribution >= 0.6 is 0 Å². The van der Waals surface area contributed by atoms with Crippen molar-refractivity contribution in [3.05, 3.63) is 47.7 Å². The number of nitrogens with one attached hydrogen (secondary N) is 2. The monoisotopic (exact) mass is 383 g/mol. The fraction of sp³-hybridized carbons (Fsp3) is 0.200. The van der Waals surface area contributed by atoms with Crippen LogP contribution in [-0.4, -0.2) is 43.0 Å². The van der Waals surface area contributed by atoms with Gasteiger partial charge in [0.05, 0.1) is 32.6 Å². The summed E-state index contributed by atoms with van der Waals surface area (Å²) in [5.74, 6) is 1.12. The minimum Gasteiger partial charge on any atom is -0.504 e. The first kappa shape index (κ1) is 19.1. The van der Waals surface area contributed by atoms with Crippen molar-refractivity contribution >= 4 is 23.0 Å². The summed E-state index contributed by atoms with van der Waals surface area (Å²) in [5.41, 5.74) is 4.21. The van der Waals surface area contributed by atoms with Crippen molar-refractivity contribution in [2.45, 2.75) is 6.92 Å². The van der Waals surface area contributed by atoms with E-state index in [1.165, 1.54) is 12.3 Å². The lowest BCUT2D eigenvalue weighted by molar-refractivity contribution is 0.0951. The summed E-state index contributed by atoms with van der Waals surface area (Å²) in [5, 5.41) is 14.4. The molecule has 8 heteroatoms. The van der Waals surface area contributed by atoms with Gasteiger partial charge in [-0.3, -0.25) is 4.79 Å². The molecule has 3 N–H and O–H groups in total. The molecule has 1 aromatic heterocycles. The predicted molar refractivity (Wildman–Crippen MR) is 106 cm³/mol. The molecular weight excluding hydrogens is 362 g/mol. The van der Waals surface area contributed by atoms with Crippen molar-refractivity contribution in [1.82, 2.24) is 10.4 Å². The normalized spacial score (nSPS) is 11.0. The van der Waals surface area contributed by atoms with E-state index in [0.29, 0.717) is 35.1 Å². The third-order valence-corrected chi connectivity index (χ3v) is 4.05. The highest BCUT2D eigenvalue weighted by atomic mass is 16.5. The lowest BCUT2D eigenvalue weighted by Crippen LogP contribution is -2.17. The average molecular weight is 383 g/mol. The molecule has 0 radical (unpaired) electrons. The van der Waals surface area contributed by atoms with Gasteiger partial charge in [-0.25, -0.2) is 5.43 Å². The number of H-pyrrole nitrogens is 1. The van der Waals surface area contributed by atoms with Gasteiger partial charge in [0.15, 0.2) is 23.0 Å². The zero-order valence-electron chi connectivity index (χ0n) is 15.8. The minimum atomic E-state index is -0.405. The second-order valence-electron chi connectivity index (χ2n) is 5.80. The molecule has 0 bridgehead atoms. The van der Waals surface area contributed by atoms with Crippen LogP contribution in [0, 0.1) is 0 Å². The van der Waals surface area contributed by atoms with E-state index in [-0.39, 0.29) is 5.75 Å². The number of aromatic amines is 1. The van der Waals surface area contributed by atoms with E-state index in [2.05, 4.69) is 15.5 Å². The molecule has 0 unspecified atom stereocenters. The Bertz CT molecular complexity index is 1030. The number of ether oxygens (including phenoxy) is 3. The maximum atomic E-state index is 12.4. The van der Waals surface area contributed by atoms with Gasteiger partial charge in [-0.2, -0.15) is 5.10 Å². The highest BCUT2D eigenvalue weighted by Crippen LogP contribution is 2.35. The average Bonchev–Trinajstić information content (AvgIpc) is 3.14. The molecule has 2 aromatic carbocycles. The number of benzene rings is 2. The van der Waals surface area contributed by atoms with Gasteiger partial charge in [0.1, 0.15) is 5.69 Å². The molecular formula is C20H21N3O5. The molecule has 0 saturated carbocycles. The van der Waals surface area contributed by atoms with Crippen LogP contribution in [0.25, 0.3) is 10.9 Å². The summed E-state index contributed by atoms with van der Waals surface area (Å²) in [6, 6.07) is 10.0. The predicted octanol–water partition coefficient (Wildman–Crippen LogP) is 3.05. The molecule has 146 valence electrons. The number of hydrogen-bond donors (Lipinski definition) is 3. The molecule has 28 heavy (non-hydrogen) atoms. The minimum absolute atomic E-state index is 0.0467. The number of nitrogens with zero attached hydrogens (tertiary/aromatic N) is 1. The van der Waals surface area contributed by atoms with Gasteiger partial charge in [0.25, 0.3) is 5.91 Å². The highest BCUT2D eigenvalue weighted by Gasteiger charge is 2.15. The highest BCUT2D eigenvalue weighted by molar-refractivity contribution is 6.00. The van der Waals surface area contributed by atoms with Gasteiger partial charge < -0.3 is 24.3 Å². The van der Waals surface area contributed by atoms with E-state index >= 15 is 0 Å². The van der Waals surface area contributed by atoms with Gasteiger partial charge in [-0.05, 0) is 48.9 Å². The summed E-state index contributed by atoms with van der Waals surface area (Å²) in [7, 11) is 3.10. The number of carbonyl (C=O) groups is 1. The standard InChI is InChI=1S/C20H21N3O5/c1-4-28-18-9-12(5-7-16(18)24)11-21-23-20(25)15-10-13-14(22-15)6-8-17(26-2)19(13)27-3/h5-11,22,24H,4H2,1-3H3,(H,23,25). The lowest BCUT2D eigenvalue weighted by atomic mass is 10.2. The Kier molecular flexibility index (Phi) is 5.69. The van der Waals surface area contributed by atoms with Crippen LogP contribution in [0.5, 0.6) is 23.0 Å². The van der Waals surface area contributed by atoms with Crippen LogP contribution in [0.3, 0.4) is 0 Å². The van der Waals surface area contributed by atoms with Crippen molar-refractivity contribution in [3.63, 3.8) is 0 Å². The van der Waals surface area contributed by atoms with Crippen molar-refractivity contribution in [2.75, 3.05) is 20.8 Å². The number of methoxy groups -OCH3 is 2. The van der Waals surface area contributed by atoms with Crippen LogP contribution < -0.4 is 19.6 Å². The SMILES string of the molecule is CCOc1cc(C=NNC(=O)c2cc3c(OC)c(OC)ccc3[nH]2)ccc1O. The Morgan fingerprint density at radius 2 is 2.00 bits per heavy atom. The molecule has 0 aliphatic rings. The Morgan fingerprint density at radius 3 is 2.71 bits per heavy atom. The molecule has 0 atom stereocenters. The first-order valence-corrected chi connectivity index (χ1v) is 8.60. The summed E-state index contributed by atoms with van der Waals surface area (Å²) < 4.78 is 16.0. The van der Waals surface area contributed by atoms with Crippen LogP contribution in [0.15, 0.2) is 41.5 Å². The first-order chi connectivity index (χ1) is 13.6. The zero-order chi connectivity index (χ0) is 20.1. The van der Waals surface area contributed by atoms with E-state index in [0.717, 1.165) is 10.9 Å². The number of carbonyl (C=O) groups excluding carboxylic acids is 1. The summed E-state index contributed by atoms with van der Waals surface area (Å²) in [4.78, 5) is 15.4. The molecule has 0 fully saturated rings. The van der Waals surface area contributed by atoms with Crippen LogP contribution in [-0.2, 0) is 0 Å². The quantitative estimate of drug-likeness (QED) is 0.430. The molecule has 3 aromatic rings. The summed E-state index contributed by atoms with van der Waals surface area (Å²) in [6.07, 6.45) is 1.46. The Hall–Kier alpha value is -3.68. The number of fused-ring (bicyclic) bond motifs is 1. The molecule has 3 rings (SSSR count). The van der Waals surface area contributed by atoms with E-state index in [9.17, 15) is 9.90 Å². The number of aromatic hydroxyl groups is 1. The van der Waals surface area contributed by atoms with Crippen LogP contribution in [0.4, 0.5) is 0 Å².